The van der Waals surface area contributed by atoms with Crippen molar-refractivity contribution in [3.63, 3.8) is 0 Å². The summed E-state index contributed by atoms with van der Waals surface area (Å²) in [7, 11) is 0. The third-order valence-electron chi connectivity index (χ3n) is 2.40. The Morgan fingerprint density at radius 1 is 1.47 bits per heavy atom. The van der Waals surface area contributed by atoms with E-state index in [0.717, 1.165) is 19.3 Å². The van der Waals surface area contributed by atoms with E-state index in [1.165, 1.54) is 0 Å². The average molecular weight is 261 g/mol. The van der Waals surface area contributed by atoms with Crippen molar-refractivity contribution in [2.45, 2.75) is 50.8 Å². The first kappa shape index (κ1) is 16.2. The summed E-state index contributed by atoms with van der Waals surface area (Å²) < 4.78 is 0. The SMILES string of the molecule is CCC(C)SC(N)=NCCCC[C@@H](N)C(=O)O. The van der Waals surface area contributed by atoms with Crippen LogP contribution in [0.15, 0.2) is 4.99 Å². The molecule has 0 amide bonds. The first-order chi connectivity index (χ1) is 7.97. The maximum atomic E-state index is 10.4. The number of rotatable bonds is 8. The number of nitrogens with two attached hydrogens (primary N) is 2. The number of carboxylic acids is 1. The van der Waals surface area contributed by atoms with Gasteiger partial charge in [-0.15, -0.1) is 0 Å². The second-order valence-electron chi connectivity index (χ2n) is 4.00. The summed E-state index contributed by atoms with van der Waals surface area (Å²) in [5, 5.41) is 9.68. The minimum atomic E-state index is -0.944. The van der Waals surface area contributed by atoms with Crippen molar-refractivity contribution >= 4 is 22.9 Å². The van der Waals surface area contributed by atoms with E-state index in [0.29, 0.717) is 23.4 Å². The van der Waals surface area contributed by atoms with Crippen LogP contribution in [0.2, 0.25) is 0 Å². The molecule has 0 aromatic rings. The van der Waals surface area contributed by atoms with E-state index in [-0.39, 0.29) is 0 Å². The fourth-order valence-corrected chi connectivity index (χ4v) is 1.86. The van der Waals surface area contributed by atoms with Gasteiger partial charge in [-0.25, -0.2) is 0 Å². The first-order valence-corrected chi connectivity index (χ1v) is 6.80. The van der Waals surface area contributed by atoms with Crippen LogP contribution in [0.25, 0.3) is 0 Å². The van der Waals surface area contributed by atoms with Gasteiger partial charge in [0.25, 0.3) is 0 Å². The molecule has 0 aliphatic rings. The van der Waals surface area contributed by atoms with Crippen LogP contribution in [0.3, 0.4) is 0 Å². The van der Waals surface area contributed by atoms with E-state index in [4.69, 9.17) is 16.6 Å². The van der Waals surface area contributed by atoms with E-state index >= 15 is 0 Å². The predicted octanol–water partition coefficient (Wildman–Crippen LogP) is 1.42. The Kier molecular flexibility index (Phi) is 8.89. The van der Waals surface area contributed by atoms with E-state index in [9.17, 15) is 4.79 Å². The number of unbranched alkanes of at least 4 members (excludes halogenated alkanes) is 1. The number of hydrogen-bond donors (Lipinski definition) is 3. The smallest absolute Gasteiger partial charge is 0.320 e. The van der Waals surface area contributed by atoms with Gasteiger partial charge in [-0.2, -0.15) is 0 Å². The maximum Gasteiger partial charge on any atom is 0.320 e. The number of amidine groups is 1. The molecule has 5 nitrogen and oxygen atoms in total. The summed E-state index contributed by atoms with van der Waals surface area (Å²) in [6.07, 6.45) is 3.14. The van der Waals surface area contributed by atoms with Crippen LogP contribution in [-0.4, -0.2) is 34.1 Å². The highest BCUT2D eigenvalue weighted by Crippen LogP contribution is 2.13. The van der Waals surface area contributed by atoms with Crippen LogP contribution >= 0.6 is 11.8 Å². The van der Waals surface area contributed by atoms with E-state index < -0.39 is 12.0 Å². The van der Waals surface area contributed by atoms with E-state index in [1.807, 2.05) is 0 Å². The van der Waals surface area contributed by atoms with Gasteiger partial charge in [0.05, 0.1) is 0 Å². The molecule has 0 radical (unpaired) electrons. The second-order valence-corrected chi connectivity index (χ2v) is 5.46. The number of aliphatic imine (C=N–C) groups is 1. The highest BCUT2D eigenvalue weighted by atomic mass is 32.2. The Morgan fingerprint density at radius 2 is 2.12 bits per heavy atom. The van der Waals surface area contributed by atoms with Crippen molar-refractivity contribution in [2.24, 2.45) is 16.5 Å². The zero-order valence-corrected chi connectivity index (χ0v) is 11.4. The molecule has 5 N–H and O–H groups in total. The molecule has 0 spiro atoms. The van der Waals surface area contributed by atoms with Crippen molar-refractivity contribution in [1.29, 1.82) is 0 Å². The quantitative estimate of drug-likeness (QED) is 0.348. The van der Waals surface area contributed by atoms with Gasteiger partial charge in [0.15, 0.2) is 5.17 Å². The van der Waals surface area contributed by atoms with E-state index in [1.54, 1.807) is 11.8 Å². The van der Waals surface area contributed by atoms with E-state index in [2.05, 4.69) is 18.8 Å². The van der Waals surface area contributed by atoms with Crippen LogP contribution in [0, 0.1) is 0 Å². The monoisotopic (exact) mass is 261 g/mol. The number of thioether (sulfide) groups is 1. The van der Waals surface area contributed by atoms with Gasteiger partial charge >= 0.3 is 5.97 Å². The molecule has 0 saturated heterocycles. The zero-order chi connectivity index (χ0) is 13.3. The molecule has 0 aromatic carbocycles. The van der Waals surface area contributed by atoms with Crippen LogP contribution in [0.5, 0.6) is 0 Å². The Morgan fingerprint density at radius 3 is 2.65 bits per heavy atom. The minimum absolute atomic E-state index is 0.485. The first-order valence-electron chi connectivity index (χ1n) is 5.92. The summed E-state index contributed by atoms with van der Waals surface area (Å²) in [4.78, 5) is 14.7. The Bertz CT molecular complexity index is 259. The molecule has 0 heterocycles. The molecule has 0 rings (SSSR count). The summed E-state index contributed by atoms with van der Waals surface area (Å²) in [5.41, 5.74) is 11.1. The Balaban J connectivity index is 3.62. The predicted molar refractivity (Wildman–Crippen MR) is 73.3 cm³/mol. The summed E-state index contributed by atoms with van der Waals surface area (Å²) in [5.74, 6) is -0.944. The molecule has 1 unspecified atom stereocenters. The fourth-order valence-electron chi connectivity index (χ4n) is 1.12. The lowest BCUT2D eigenvalue weighted by atomic mass is 10.1. The summed E-state index contributed by atoms with van der Waals surface area (Å²) >= 11 is 1.58. The molecular weight excluding hydrogens is 238 g/mol. The van der Waals surface area contributed by atoms with Gasteiger partial charge in [-0.1, -0.05) is 25.6 Å². The van der Waals surface area contributed by atoms with Gasteiger partial charge in [0.1, 0.15) is 6.04 Å². The fraction of sp³-hybridized carbons (Fsp3) is 0.818. The van der Waals surface area contributed by atoms with Gasteiger partial charge in [0.2, 0.25) is 0 Å². The van der Waals surface area contributed by atoms with Gasteiger partial charge < -0.3 is 16.6 Å². The molecule has 6 heteroatoms. The van der Waals surface area contributed by atoms with Crippen molar-refractivity contribution in [1.82, 2.24) is 0 Å². The maximum absolute atomic E-state index is 10.4. The standard InChI is InChI=1S/C11H23N3O2S/c1-3-8(2)17-11(13)14-7-5-4-6-9(12)10(15)16/h8-9H,3-7,12H2,1-2H3,(H2,13,14)(H,15,16)/t8?,9-/m1/s1. The highest BCUT2D eigenvalue weighted by Gasteiger charge is 2.09. The normalized spacial score (nSPS) is 15.6. The molecule has 100 valence electrons. The molecule has 0 aliphatic carbocycles. The topological polar surface area (TPSA) is 102 Å². The van der Waals surface area contributed by atoms with Crippen LogP contribution in [0.4, 0.5) is 0 Å². The lowest BCUT2D eigenvalue weighted by molar-refractivity contribution is -0.138. The number of nitrogens with zero attached hydrogens (tertiary/aromatic N) is 1. The van der Waals surface area contributed by atoms with Crippen LogP contribution in [-0.2, 0) is 4.79 Å². The summed E-state index contributed by atoms with van der Waals surface area (Å²) in [6.45, 7) is 4.86. The third-order valence-corrected chi connectivity index (χ3v) is 3.51. The molecular formula is C11H23N3O2S. The molecule has 0 fully saturated rings. The average Bonchev–Trinajstić information content (AvgIpc) is 2.27. The molecule has 2 atom stereocenters. The molecule has 0 aliphatic heterocycles. The lowest BCUT2D eigenvalue weighted by Crippen LogP contribution is -2.29. The lowest BCUT2D eigenvalue weighted by Gasteiger charge is -2.07. The largest absolute Gasteiger partial charge is 0.480 e. The number of carboxylic acid groups (broad SMARTS) is 1. The summed E-state index contributed by atoms with van der Waals surface area (Å²) in [6, 6.07) is -0.759. The Hall–Kier alpha value is -0.750. The van der Waals surface area contributed by atoms with Crippen molar-refractivity contribution in [3.05, 3.63) is 0 Å². The van der Waals surface area contributed by atoms with Crippen LogP contribution in [0.1, 0.15) is 39.5 Å². The minimum Gasteiger partial charge on any atom is -0.480 e. The zero-order valence-electron chi connectivity index (χ0n) is 10.6. The van der Waals surface area contributed by atoms with Crippen LogP contribution < -0.4 is 11.5 Å². The number of hydrogen-bond acceptors (Lipinski definition) is 4. The third kappa shape index (κ3) is 9.00. The van der Waals surface area contributed by atoms with Crippen molar-refractivity contribution in [2.75, 3.05) is 6.54 Å². The molecule has 0 saturated carbocycles. The van der Waals surface area contributed by atoms with Gasteiger partial charge in [0, 0.05) is 11.8 Å². The molecule has 0 aromatic heterocycles. The molecule has 0 bridgehead atoms. The van der Waals surface area contributed by atoms with Crippen molar-refractivity contribution < 1.29 is 9.90 Å². The number of carbonyl (C=O) groups is 1. The highest BCUT2D eigenvalue weighted by molar-refractivity contribution is 8.14. The van der Waals surface area contributed by atoms with Gasteiger partial charge in [-0.05, 0) is 25.7 Å². The van der Waals surface area contributed by atoms with Gasteiger partial charge in [-0.3, -0.25) is 9.79 Å². The Labute approximate surface area is 107 Å². The molecule has 17 heavy (non-hydrogen) atoms. The van der Waals surface area contributed by atoms with Crippen molar-refractivity contribution in [3.8, 4) is 0 Å². The number of aliphatic carboxylic acids is 1. The second kappa shape index (κ2) is 9.30.